The van der Waals surface area contributed by atoms with Gasteiger partial charge in [0.25, 0.3) is 5.65 Å². The van der Waals surface area contributed by atoms with Gasteiger partial charge in [-0.25, -0.2) is 0 Å². The number of ether oxygens (including phenoxy) is 1. The van der Waals surface area contributed by atoms with Crippen LogP contribution in [0.3, 0.4) is 0 Å². The molecule has 6 rings (SSSR count). The maximum atomic E-state index is 5.51. The summed E-state index contributed by atoms with van der Waals surface area (Å²) < 4.78 is 10.2. The van der Waals surface area contributed by atoms with E-state index in [0.717, 1.165) is 32.7 Å². The van der Waals surface area contributed by atoms with Crippen LogP contribution in [0.15, 0.2) is 66.9 Å². The minimum absolute atomic E-state index is 0. The molecule has 1 aliphatic heterocycles. The van der Waals surface area contributed by atoms with Gasteiger partial charge in [-0.2, -0.15) is 8.80 Å². The number of benzene rings is 2. The standard InChI is InChI=1S/C25H24N3O.HI/c1-2-18-3-8-23-19(15-18)5-10-25-27(23)17-22-6-4-20-16-21(7-9-24(20)28(22)25)26-11-13-29-14-12-26;/h3-10,15-17H,2,11-14H2,1H3;1H/q+1;/p-1. The van der Waals surface area contributed by atoms with Crippen molar-refractivity contribution in [3.05, 3.63) is 72.4 Å². The molecule has 30 heavy (non-hydrogen) atoms. The van der Waals surface area contributed by atoms with Crippen molar-refractivity contribution in [1.29, 1.82) is 0 Å². The number of hydrogen-bond donors (Lipinski definition) is 0. The smallest absolute Gasteiger partial charge is 0.292 e. The summed E-state index contributed by atoms with van der Waals surface area (Å²) in [5.41, 5.74) is 7.56. The molecule has 5 aromatic rings. The molecule has 1 saturated heterocycles. The Morgan fingerprint density at radius 1 is 0.900 bits per heavy atom. The summed E-state index contributed by atoms with van der Waals surface area (Å²) in [5.74, 6) is 0. The Morgan fingerprint density at radius 2 is 1.73 bits per heavy atom. The second-order valence-corrected chi connectivity index (χ2v) is 7.87. The second kappa shape index (κ2) is 7.71. The molecule has 0 aliphatic carbocycles. The van der Waals surface area contributed by atoms with Crippen LogP contribution in [0.25, 0.3) is 33.0 Å². The van der Waals surface area contributed by atoms with Crippen molar-refractivity contribution in [2.75, 3.05) is 31.2 Å². The SMILES string of the molecule is CCc1ccc2c(ccc3n4c(ccc5cc(N6CCOCC6)ccc54)c[n+]23)c1.[I-]. The molecule has 2 aromatic carbocycles. The van der Waals surface area contributed by atoms with Gasteiger partial charge < -0.3 is 33.6 Å². The Hall–Kier alpha value is -2.38. The fourth-order valence-electron chi connectivity index (χ4n) is 4.64. The molecule has 4 nitrogen and oxygen atoms in total. The van der Waals surface area contributed by atoms with Crippen LogP contribution in [-0.4, -0.2) is 30.7 Å². The molecule has 152 valence electrons. The molecule has 0 radical (unpaired) electrons. The second-order valence-electron chi connectivity index (χ2n) is 7.87. The first-order valence-electron chi connectivity index (χ1n) is 10.5. The molecule has 3 aromatic heterocycles. The first-order valence-corrected chi connectivity index (χ1v) is 10.5. The van der Waals surface area contributed by atoms with Gasteiger partial charge in [-0.15, -0.1) is 0 Å². The van der Waals surface area contributed by atoms with Crippen LogP contribution in [0.5, 0.6) is 0 Å². The third kappa shape index (κ3) is 3.03. The summed E-state index contributed by atoms with van der Waals surface area (Å²) >= 11 is 0. The number of halogens is 1. The van der Waals surface area contributed by atoms with Crippen molar-refractivity contribution >= 4 is 38.7 Å². The van der Waals surface area contributed by atoms with Crippen LogP contribution in [0.1, 0.15) is 12.5 Å². The fraction of sp³-hybridized carbons (Fsp3) is 0.240. The lowest BCUT2D eigenvalue weighted by Crippen LogP contribution is -3.00. The number of imidazole rings is 1. The molecular weight excluding hydrogens is 485 g/mol. The molecule has 0 unspecified atom stereocenters. The highest BCUT2D eigenvalue weighted by atomic mass is 127. The number of rotatable bonds is 2. The number of hydrogen-bond acceptors (Lipinski definition) is 2. The Balaban J connectivity index is 0.00000193. The van der Waals surface area contributed by atoms with E-state index in [0.29, 0.717) is 0 Å². The summed E-state index contributed by atoms with van der Waals surface area (Å²) in [7, 11) is 0. The van der Waals surface area contributed by atoms with E-state index in [9.17, 15) is 0 Å². The molecule has 0 bridgehead atoms. The van der Waals surface area contributed by atoms with E-state index in [2.05, 4.69) is 87.5 Å². The average molecular weight is 509 g/mol. The predicted octanol–water partition coefficient (Wildman–Crippen LogP) is 1.39. The predicted molar refractivity (Wildman–Crippen MR) is 118 cm³/mol. The topological polar surface area (TPSA) is 21.0 Å². The van der Waals surface area contributed by atoms with E-state index < -0.39 is 0 Å². The molecule has 1 aliphatic rings. The molecule has 1 fully saturated rings. The number of pyridine rings is 2. The van der Waals surface area contributed by atoms with Crippen LogP contribution in [0.2, 0.25) is 0 Å². The van der Waals surface area contributed by atoms with Gasteiger partial charge in [-0.1, -0.05) is 13.0 Å². The van der Waals surface area contributed by atoms with Gasteiger partial charge in [0.05, 0.1) is 13.2 Å². The summed E-state index contributed by atoms with van der Waals surface area (Å²) in [6.45, 7) is 5.74. The third-order valence-corrected chi connectivity index (χ3v) is 6.23. The van der Waals surface area contributed by atoms with Crippen molar-refractivity contribution < 1.29 is 33.1 Å². The molecule has 0 saturated carbocycles. The van der Waals surface area contributed by atoms with Crippen molar-refractivity contribution in [3.63, 3.8) is 0 Å². The summed E-state index contributed by atoms with van der Waals surface area (Å²) in [6, 6.07) is 22.6. The van der Waals surface area contributed by atoms with Crippen LogP contribution in [0, 0.1) is 0 Å². The molecule has 0 spiro atoms. The quantitative estimate of drug-likeness (QED) is 0.265. The zero-order valence-electron chi connectivity index (χ0n) is 17.0. The minimum atomic E-state index is 0. The minimum Gasteiger partial charge on any atom is -1.00 e. The van der Waals surface area contributed by atoms with Crippen molar-refractivity contribution in [2.24, 2.45) is 0 Å². The van der Waals surface area contributed by atoms with Crippen LogP contribution in [0.4, 0.5) is 5.69 Å². The Bertz CT molecular complexity index is 1390. The summed E-state index contributed by atoms with van der Waals surface area (Å²) in [4.78, 5) is 2.41. The van der Waals surface area contributed by atoms with E-state index in [4.69, 9.17) is 4.74 Å². The third-order valence-electron chi connectivity index (χ3n) is 6.23. The Labute approximate surface area is 192 Å². The van der Waals surface area contributed by atoms with E-state index in [1.54, 1.807) is 0 Å². The first-order chi connectivity index (χ1) is 14.3. The summed E-state index contributed by atoms with van der Waals surface area (Å²) in [5, 5.41) is 2.55. The van der Waals surface area contributed by atoms with Crippen molar-refractivity contribution in [2.45, 2.75) is 13.3 Å². The Morgan fingerprint density at radius 3 is 2.57 bits per heavy atom. The highest BCUT2D eigenvalue weighted by molar-refractivity contribution is 5.88. The normalized spacial score (nSPS) is 14.6. The number of anilines is 1. The Kier molecular flexibility index (Phi) is 5.03. The highest BCUT2D eigenvalue weighted by Crippen LogP contribution is 2.26. The number of morpholine rings is 1. The lowest BCUT2D eigenvalue weighted by molar-refractivity contribution is -0.479. The molecule has 0 N–H and O–H groups in total. The zero-order chi connectivity index (χ0) is 19.4. The van der Waals surface area contributed by atoms with E-state index >= 15 is 0 Å². The maximum absolute atomic E-state index is 5.51. The average Bonchev–Trinajstić information content (AvgIpc) is 3.18. The van der Waals surface area contributed by atoms with Gasteiger partial charge in [0, 0.05) is 35.6 Å². The monoisotopic (exact) mass is 509 g/mol. The maximum Gasteiger partial charge on any atom is 0.292 e. The van der Waals surface area contributed by atoms with Gasteiger partial charge >= 0.3 is 0 Å². The van der Waals surface area contributed by atoms with Crippen molar-refractivity contribution in [3.8, 4) is 0 Å². The van der Waals surface area contributed by atoms with E-state index in [1.807, 2.05) is 0 Å². The van der Waals surface area contributed by atoms with Gasteiger partial charge in [-0.3, -0.25) is 0 Å². The molecular formula is C25H24IN3O. The van der Waals surface area contributed by atoms with Gasteiger partial charge in [0.15, 0.2) is 5.52 Å². The van der Waals surface area contributed by atoms with Gasteiger partial charge in [0.2, 0.25) is 0 Å². The molecule has 0 amide bonds. The lowest BCUT2D eigenvalue weighted by Gasteiger charge is -2.28. The molecule has 4 heterocycles. The number of aryl methyl sites for hydroxylation is 1. The van der Waals surface area contributed by atoms with Gasteiger partial charge in [0.1, 0.15) is 17.2 Å². The number of aromatic nitrogens is 2. The highest BCUT2D eigenvalue weighted by Gasteiger charge is 2.18. The van der Waals surface area contributed by atoms with Crippen LogP contribution >= 0.6 is 0 Å². The van der Waals surface area contributed by atoms with E-state index in [1.165, 1.54) is 44.2 Å². The largest absolute Gasteiger partial charge is 1.00 e. The zero-order valence-corrected chi connectivity index (χ0v) is 19.2. The molecule has 5 heteroatoms. The van der Waals surface area contributed by atoms with Gasteiger partial charge in [-0.05, 0) is 60.5 Å². The molecule has 0 atom stereocenters. The van der Waals surface area contributed by atoms with Crippen LogP contribution < -0.4 is 33.3 Å². The van der Waals surface area contributed by atoms with Crippen LogP contribution in [-0.2, 0) is 11.2 Å². The fourth-order valence-corrected chi connectivity index (χ4v) is 4.64. The summed E-state index contributed by atoms with van der Waals surface area (Å²) in [6.07, 6.45) is 3.31. The lowest BCUT2D eigenvalue weighted by atomic mass is 10.1. The first kappa shape index (κ1) is 19.6. The van der Waals surface area contributed by atoms with Crippen molar-refractivity contribution in [1.82, 2.24) is 4.40 Å². The number of nitrogens with zero attached hydrogens (tertiary/aromatic N) is 3. The van der Waals surface area contributed by atoms with E-state index in [-0.39, 0.29) is 24.0 Å². The number of fused-ring (bicyclic) bond motifs is 7.